The molecular weight excluding hydrogens is 238 g/mol. The van der Waals surface area contributed by atoms with Gasteiger partial charge in [0.2, 0.25) is 5.91 Å². The number of unbranched alkanes of at least 4 members (excludes halogenated alkanes) is 2. The first kappa shape index (κ1) is 13.7. The molecule has 1 heterocycles. The Balaban J connectivity index is 2.53. The van der Waals surface area contributed by atoms with Gasteiger partial charge in [-0.2, -0.15) is 0 Å². The van der Waals surface area contributed by atoms with Gasteiger partial charge in [-0.1, -0.05) is 19.8 Å². The van der Waals surface area contributed by atoms with Crippen LogP contribution in [0.15, 0.2) is 11.4 Å². The number of hydrogen-bond donors (Lipinski definition) is 1. The highest BCUT2D eigenvalue weighted by molar-refractivity contribution is 7.12. The second-order valence-electron chi connectivity index (χ2n) is 3.66. The van der Waals surface area contributed by atoms with Crippen LogP contribution >= 0.6 is 11.3 Å². The first-order valence-electron chi connectivity index (χ1n) is 5.64. The number of hydrogen-bond acceptors (Lipinski definition) is 4. The summed E-state index contributed by atoms with van der Waals surface area (Å²) in [5.41, 5.74) is 0.545. The Labute approximate surface area is 105 Å². The van der Waals surface area contributed by atoms with Crippen LogP contribution in [0.1, 0.15) is 42.3 Å². The van der Waals surface area contributed by atoms with Crippen molar-refractivity contribution in [3.05, 3.63) is 16.3 Å². The molecule has 94 valence electrons. The molecule has 0 saturated heterocycles. The molecule has 17 heavy (non-hydrogen) atoms. The fourth-order valence-corrected chi connectivity index (χ4v) is 2.17. The fraction of sp³-hybridized carbons (Fsp3) is 0.500. The van der Waals surface area contributed by atoms with E-state index in [1.165, 1.54) is 18.4 Å². The van der Waals surface area contributed by atoms with Crippen molar-refractivity contribution in [1.82, 2.24) is 0 Å². The Morgan fingerprint density at radius 3 is 2.82 bits per heavy atom. The zero-order chi connectivity index (χ0) is 12.7. The second-order valence-corrected chi connectivity index (χ2v) is 4.58. The van der Waals surface area contributed by atoms with E-state index in [0.717, 1.165) is 19.3 Å². The average molecular weight is 255 g/mol. The highest BCUT2D eigenvalue weighted by Crippen LogP contribution is 2.23. The third kappa shape index (κ3) is 4.19. The molecule has 5 heteroatoms. The molecule has 0 unspecified atom stereocenters. The SMILES string of the molecule is CCCCCC(=O)Nc1ccsc1C(=O)OC. The van der Waals surface area contributed by atoms with Crippen LogP contribution in [-0.4, -0.2) is 19.0 Å². The molecule has 0 aliphatic heterocycles. The van der Waals surface area contributed by atoms with Gasteiger partial charge in [0, 0.05) is 6.42 Å². The molecule has 0 fully saturated rings. The van der Waals surface area contributed by atoms with Gasteiger partial charge in [0.25, 0.3) is 0 Å². The molecule has 0 aliphatic rings. The first-order chi connectivity index (χ1) is 8.19. The molecule has 0 bridgehead atoms. The van der Waals surface area contributed by atoms with Gasteiger partial charge in [-0.3, -0.25) is 4.79 Å². The van der Waals surface area contributed by atoms with Gasteiger partial charge in [-0.15, -0.1) is 11.3 Å². The topological polar surface area (TPSA) is 55.4 Å². The number of nitrogens with one attached hydrogen (secondary N) is 1. The van der Waals surface area contributed by atoms with E-state index in [9.17, 15) is 9.59 Å². The maximum atomic E-state index is 11.6. The van der Waals surface area contributed by atoms with Crippen LogP contribution < -0.4 is 5.32 Å². The second kappa shape index (κ2) is 7.06. The van der Waals surface area contributed by atoms with Gasteiger partial charge in [0.1, 0.15) is 4.88 Å². The zero-order valence-corrected chi connectivity index (χ0v) is 10.9. The van der Waals surface area contributed by atoms with Crippen LogP contribution in [0.2, 0.25) is 0 Å². The smallest absolute Gasteiger partial charge is 0.350 e. The van der Waals surface area contributed by atoms with Crippen LogP contribution in [0.25, 0.3) is 0 Å². The van der Waals surface area contributed by atoms with Crippen molar-refractivity contribution in [1.29, 1.82) is 0 Å². The Morgan fingerprint density at radius 1 is 1.41 bits per heavy atom. The maximum absolute atomic E-state index is 11.6. The predicted octanol–water partition coefficient (Wildman–Crippen LogP) is 3.05. The minimum Gasteiger partial charge on any atom is -0.465 e. The van der Waals surface area contributed by atoms with Gasteiger partial charge < -0.3 is 10.1 Å². The van der Waals surface area contributed by atoms with Crippen molar-refractivity contribution in [2.45, 2.75) is 32.6 Å². The van der Waals surface area contributed by atoms with Crippen LogP contribution in [0, 0.1) is 0 Å². The molecule has 1 rings (SSSR count). The molecule has 0 aromatic carbocycles. The molecule has 0 radical (unpaired) electrons. The van der Waals surface area contributed by atoms with E-state index >= 15 is 0 Å². The fourth-order valence-electron chi connectivity index (χ4n) is 1.41. The number of esters is 1. The molecule has 0 saturated carbocycles. The largest absolute Gasteiger partial charge is 0.465 e. The van der Waals surface area contributed by atoms with E-state index in [4.69, 9.17) is 0 Å². The lowest BCUT2D eigenvalue weighted by molar-refractivity contribution is -0.116. The molecule has 1 amide bonds. The van der Waals surface area contributed by atoms with E-state index in [1.54, 1.807) is 11.4 Å². The molecule has 1 aromatic rings. The first-order valence-corrected chi connectivity index (χ1v) is 6.52. The minimum atomic E-state index is -0.413. The Kier molecular flexibility index (Phi) is 5.69. The summed E-state index contributed by atoms with van der Waals surface area (Å²) in [6, 6.07) is 1.72. The lowest BCUT2D eigenvalue weighted by Crippen LogP contribution is -2.13. The van der Waals surface area contributed by atoms with E-state index in [1.807, 2.05) is 0 Å². The van der Waals surface area contributed by atoms with Crippen LogP contribution in [-0.2, 0) is 9.53 Å². The van der Waals surface area contributed by atoms with Crippen molar-refractivity contribution >= 4 is 28.9 Å². The van der Waals surface area contributed by atoms with Crippen LogP contribution in [0.5, 0.6) is 0 Å². The molecular formula is C12H17NO3S. The number of carbonyl (C=O) groups is 2. The average Bonchev–Trinajstić information content (AvgIpc) is 2.76. The summed E-state index contributed by atoms with van der Waals surface area (Å²) in [4.78, 5) is 23.4. The molecule has 4 nitrogen and oxygen atoms in total. The van der Waals surface area contributed by atoms with E-state index in [-0.39, 0.29) is 5.91 Å². The third-order valence-corrected chi connectivity index (χ3v) is 3.21. The van der Waals surface area contributed by atoms with E-state index in [2.05, 4.69) is 17.0 Å². The van der Waals surface area contributed by atoms with Crippen molar-refractivity contribution in [2.75, 3.05) is 12.4 Å². The number of anilines is 1. The van der Waals surface area contributed by atoms with Gasteiger partial charge in [-0.05, 0) is 17.9 Å². The van der Waals surface area contributed by atoms with Crippen molar-refractivity contribution in [3.63, 3.8) is 0 Å². The number of carbonyl (C=O) groups excluding carboxylic acids is 2. The van der Waals surface area contributed by atoms with Gasteiger partial charge in [0.05, 0.1) is 12.8 Å². The number of rotatable bonds is 6. The Morgan fingerprint density at radius 2 is 2.18 bits per heavy atom. The van der Waals surface area contributed by atoms with Crippen LogP contribution in [0.3, 0.4) is 0 Å². The van der Waals surface area contributed by atoms with Crippen molar-refractivity contribution < 1.29 is 14.3 Å². The normalized spacial score (nSPS) is 10.0. The number of amides is 1. The Hall–Kier alpha value is -1.36. The third-order valence-electron chi connectivity index (χ3n) is 2.32. The predicted molar refractivity (Wildman–Crippen MR) is 68.4 cm³/mol. The van der Waals surface area contributed by atoms with Gasteiger partial charge in [0.15, 0.2) is 0 Å². The highest BCUT2D eigenvalue weighted by atomic mass is 32.1. The minimum absolute atomic E-state index is 0.0537. The lowest BCUT2D eigenvalue weighted by atomic mass is 10.2. The summed E-state index contributed by atoms with van der Waals surface area (Å²) in [6.07, 6.45) is 3.49. The van der Waals surface area contributed by atoms with Crippen molar-refractivity contribution in [2.24, 2.45) is 0 Å². The summed E-state index contributed by atoms with van der Waals surface area (Å²) in [7, 11) is 1.33. The van der Waals surface area contributed by atoms with E-state index < -0.39 is 5.97 Å². The maximum Gasteiger partial charge on any atom is 0.350 e. The van der Waals surface area contributed by atoms with Gasteiger partial charge in [-0.25, -0.2) is 4.79 Å². The lowest BCUT2D eigenvalue weighted by Gasteiger charge is -2.05. The molecule has 0 aliphatic carbocycles. The quantitative estimate of drug-likeness (QED) is 0.628. The van der Waals surface area contributed by atoms with E-state index in [0.29, 0.717) is 17.0 Å². The number of ether oxygens (including phenoxy) is 1. The molecule has 0 spiro atoms. The molecule has 1 N–H and O–H groups in total. The molecule has 0 atom stereocenters. The summed E-state index contributed by atoms with van der Waals surface area (Å²) >= 11 is 1.26. The number of thiophene rings is 1. The number of methoxy groups -OCH3 is 1. The summed E-state index contributed by atoms with van der Waals surface area (Å²) < 4.78 is 4.64. The monoisotopic (exact) mass is 255 g/mol. The highest BCUT2D eigenvalue weighted by Gasteiger charge is 2.15. The summed E-state index contributed by atoms with van der Waals surface area (Å²) in [5.74, 6) is -0.467. The van der Waals surface area contributed by atoms with Gasteiger partial charge >= 0.3 is 5.97 Å². The molecule has 1 aromatic heterocycles. The standard InChI is InChI=1S/C12H17NO3S/c1-3-4-5-6-10(14)13-9-7-8-17-11(9)12(15)16-2/h7-8H,3-6H2,1-2H3,(H,13,14). The van der Waals surface area contributed by atoms with Crippen LogP contribution in [0.4, 0.5) is 5.69 Å². The van der Waals surface area contributed by atoms with Crippen molar-refractivity contribution in [3.8, 4) is 0 Å². The summed E-state index contributed by atoms with van der Waals surface area (Å²) in [6.45, 7) is 2.09. The zero-order valence-electron chi connectivity index (χ0n) is 10.1. The summed E-state index contributed by atoms with van der Waals surface area (Å²) in [5, 5.41) is 4.49. The Bertz CT molecular complexity index is 387.